The number of amides is 3. The quantitative estimate of drug-likeness (QED) is 0.0748. The van der Waals surface area contributed by atoms with Crippen LogP contribution in [0.25, 0.3) is 0 Å². The largest absolute Gasteiger partial charge is 0.445 e. The Kier molecular flexibility index (Phi) is 14.2. The number of sulfonamides is 1. The minimum Gasteiger partial charge on any atom is -0.445 e. The first-order valence-electron chi connectivity index (χ1n) is 18.5. The Bertz CT molecular complexity index is 2060. The zero-order chi connectivity index (χ0) is 40.2. The van der Waals surface area contributed by atoms with E-state index in [0.29, 0.717) is 31.6 Å². The summed E-state index contributed by atoms with van der Waals surface area (Å²) in [5.41, 5.74) is 8.46. The van der Waals surface area contributed by atoms with Crippen LogP contribution in [0.3, 0.4) is 0 Å². The van der Waals surface area contributed by atoms with Gasteiger partial charge >= 0.3 is 6.09 Å². The van der Waals surface area contributed by atoms with E-state index >= 15 is 0 Å². The Morgan fingerprint density at radius 2 is 1.70 bits per heavy atom. The number of carbonyl (C=O) groups excluding carboxylic acids is 3. The van der Waals surface area contributed by atoms with E-state index in [1.807, 2.05) is 67.6 Å². The summed E-state index contributed by atoms with van der Waals surface area (Å²) in [7, 11) is -0.696. The Morgan fingerprint density at radius 1 is 1.04 bits per heavy atom. The molecule has 0 saturated carbocycles. The first kappa shape index (κ1) is 41.4. The van der Waals surface area contributed by atoms with Crippen molar-refractivity contribution in [2.24, 2.45) is 17.8 Å². The normalized spacial score (nSPS) is 16.1. The summed E-state index contributed by atoms with van der Waals surface area (Å²) in [6, 6.07) is 22.2. The van der Waals surface area contributed by atoms with E-state index in [2.05, 4.69) is 20.0 Å². The zero-order valence-corrected chi connectivity index (χ0v) is 32.6. The fourth-order valence-corrected chi connectivity index (χ4v) is 7.51. The molecule has 3 amide bonds. The Labute approximate surface area is 327 Å². The lowest BCUT2D eigenvalue weighted by molar-refractivity contribution is -0.142. The number of nitrogens with one attached hydrogen (secondary N) is 2. The van der Waals surface area contributed by atoms with Gasteiger partial charge in [-0.25, -0.2) is 22.9 Å². The topological polar surface area (TPSA) is 202 Å². The zero-order valence-electron chi connectivity index (χ0n) is 31.8. The van der Waals surface area contributed by atoms with Gasteiger partial charge in [-0.05, 0) is 55.9 Å². The first-order chi connectivity index (χ1) is 26.8. The van der Waals surface area contributed by atoms with Gasteiger partial charge in [0.1, 0.15) is 30.6 Å². The lowest BCUT2D eigenvalue weighted by Gasteiger charge is -2.33. The number of hydrogen-bond donors (Lipinski definition) is 4. The van der Waals surface area contributed by atoms with Crippen molar-refractivity contribution in [3.63, 3.8) is 0 Å². The van der Waals surface area contributed by atoms with Gasteiger partial charge in [0.05, 0.1) is 10.9 Å². The Hall–Kier alpha value is -5.74. The molecular weight excluding hydrogens is 737 g/mol. The molecule has 1 aliphatic heterocycles. The van der Waals surface area contributed by atoms with Crippen molar-refractivity contribution in [2.75, 3.05) is 20.1 Å². The average molecular weight is 787 g/mol. The van der Waals surface area contributed by atoms with Gasteiger partial charge in [-0.15, -0.1) is 0 Å². The highest BCUT2D eigenvalue weighted by Gasteiger charge is 2.41. The highest BCUT2D eigenvalue weighted by molar-refractivity contribution is 7.90. The van der Waals surface area contributed by atoms with Crippen molar-refractivity contribution in [3.8, 4) is 0 Å². The Morgan fingerprint density at radius 3 is 2.34 bits per heavy atom. The van der Waals surface area contributed by atoms with E-state index in [1.165, 1.54) is 35.2 Å². The van der Waals surface area contributed by atoms with E-state index in [1.54, 1.807) is 29.9 Å². The number of benzene rings is 3. The number of nitrogens with two attached hydrogens (primary N) is 1. The van der Waals surface area contributed by atoms with Crippen LogP contribution in [0.1, 0.15) is 54.3 Å². The molecular formula is C40H50N8O7S. The highest BCUT2D eigenvalue weighted by atomic mass is 32.2. The molecule has 4 aromatic rings. The molecule has 1 aliphatic rings. The highest BCUT2D eigenvalue weighted by Crippen LogP contribution is 2.24. The molecule has 0 bridgehead atoms. The van der Waals surface area contributed by atoms with Crippen LogP contribution in [0.5, 0.6) is 0 Å². The standard InChI is InChI=1S/C40H50N8O7S/c1-28-18-20-31(21-19-28)56(53,54)45-39(41)43-22-10-16-32(35(49)36-42-23-25-46(36)2)44-37(50)33-17-11-24-48(33)38(51)34(26-29-12-6-4-7-13-29)47(3)40(52)55-27-30-14-8-5-9-15-30/h4-9,12-15,18-21,23,25,32-35,49H,10-11,16-17,22,24,26-27H2,1-3H3,(H,44,50)(H3,41,43,45)/t32-,33-,34+,35?/m0/s1. The molecule has 1 aromatic heterocycles. The lowest BCUT2D eigenvalue weighted by Crippen LogP contribution is -2.56. The number of aliphatic hydroxyl groups excluding tert-OH is 1. The summed E-state index contributed by atoms with van der Waals surface area (Å²) >= 11 is 0. The van der Waals surface area contributed by atoms with Crippen molar-refractivity contribution in [1.82, 2.24) is 29.4 Å². The number of aryl methyl sites for hydroxylation is 2. The molecule has 1 saturated heterocycles. The third kappa shape index (κ3) is 10.9. The van der Waals surface area contributed by atoms with Crippen LogP contribution in [0.15, 0.2) is 107 Å². The monoisotopic (exact) mass is 786 g/mol. The molecule has 1 unspecified atom stereocenters. The summed E-state index contributed by atoms with van der Waals surface area (Å²) in [5.74, 6) is -0.836. The number of likely N-dealkylation sites (tertiary alicyclic amines) is 1. The maximum absolute atomic E-state index is 14.4. The summed E-state index contributed by atoms with van der Waals surface area (Å²) in [4.78, 5) is 53.0. The number of imidazole rings is 1. The van der Waals surface area contributed by atoms with Crippen LogP contribution in [-0.4, -0.2) is 95.0 Å². The molecule has 298 valence electrons. The third-order valence-electron chi connectivity index (χ3n) is 9.71. The summed E-state index contributed by atoms with van der Waals surface area (Å²) in [6.45, 7) is 2.27. The van der Waals surface area contributed by atoms with Gasteiger partial charge in [0.2, 0.25) is 17.8 Å². The van der Waals surface area contributed by atoms with E-state index in [4.69, 9.17) is 10.5 Å². The maximum Gasteiger partial charge on any atom is 0.410 e. The van der Waals surface area contributed by atoms with Gasteiger partial charge in [0, 0.05) is 46.0 Å². The molecule has 2 heterocycles. The third-order valence-corrected chi connectivity index (χ3v) is 11.1. The van der Waals surface area contributed by atoms with Gasteiger partial charge in [-0.1, -0.05) is 78.4 Å². The second-order valence-corrected chi connectivity index (χ2v) is 15.5. The summed E-state index contributed by atoms with van der Waals surface area (Å²) in [6.07, 6.45) is 2.98. The smallest absolute Gasteiger partial charge is 0.410 e. The lowest BCUT2D eigenvalue weighted by atomic mass is 10.0. The van der Waals surface area contributed by atoms with Gasteiger partial charge in [-0.3, -0.25) is 19.5 Å². The predicted octanol–water partition coefficient (Wildman–Crippen LogP) is 3.19. The van der Waals surface area contributed by atoms with Crippen LogP contribution < -0.4 is 15.8 Å². The number of carbonyl (C=O) groups is 3. The number of rotatable bonds is 16. The van der Waals surface area contributed by atoms with Crippen molar-refractivity contribution in [2.45, 2.75) is 74.8 Å². The molecule has 5 N–H and O–H groups in total. The average Bonchev–Trinajstić information content (AvgIpc) is 3.87. The van der Waals surface area contributed by atoms with Crippen molar-refractivity contribution < 1.29 is 32.6 Å². The maximum atomic E-state index is 14.4. The van der Waals surface area contributed by atoms with Gasteiger partial charge in [0.25, 0.3) is 10.0 Å². The van der Waals surface area contributed by atoms with E-state index < -0.39 is 52.2 Å². The van der Waals surface area contributed by atoms with Crippen molar-refractivity contribution >= 4 is 33.9 Å². The summed E-state index contributed by atoms with van der Waals surface area (Å²) < 4.78 is 35.0. The fraction of sp³-hybridized carbons (Fsp3) is 0.375. The van der Waals surface area contributed by atoms with Crippen LogP contribution in [0, 0.1) is 6.92 Å². The Balaban J connectivity index is 1.27. The minimum atomic E-state index is -3.94. The number of likely N-dealkylation sites (N-methyl/N-ethyl adjacent to an activating group) is 1. The minimum absolute atomic E-state index is 0.0334. The van der Waals surface area contributed by atoms with Crippen molar-refractivity contribution in [3.05, 3.63) is 120 Å². The fourth-order valence-electron chi connectivity index (χ4n) is 6.56. The van der Waals surface area contributed by atoms with Crippen molar-refractivity contribution in [1.29, 1.82) is 0 Å². The molecule has 4 atom stereocenters. The van der Waals surface area contributed by atoms with Crippen LogP contribution in [-0.2, 0) is 44.4 Å². The summed E-state index contributed by atoms with van der Waals surface area (Å²) in [5, 5.41) is 14.4. The van der Waals surface area contributed by atoms with Gasteiger partial charge in [0.15, 0.2) is 0 Å². The molecule has 0 spiro atoms. The number of aromatic nitrogens is 2. The second kappa shape index (κ2) is 19.2. The first-order valence-corrected chi connectivity index (χ1v) is 20.0. The van der Waals surface area contributed by atoms with E-state index in [9.17, 15) is 27.9 Å². The van der Waals surface area contributed by atoms with E-state index in [0.717, 1.165) is 16.7 Å². The molecule has 16 heteroatoms. The molecule has 0 aliphatic carbocycles. The number of ether oxygens (including phenoxy) is 1. The molecule has 56 heavy (non-hydrogen) atoms. The van der Waals surface area contributed by atoms with E-state index in [-0.39, 0.29) is 36.8 Å². The number of nitrogens with zero attached hydrogens (tertiary/aromatic N) is 5. The number of hydrogen-bond acceptors (Lipinski definition) is 9. The predicted molar refractivity (Wildman–Crippen MR) is 210 cm³/mol. The second-order valence-electron chi connectivity index (χ2n) is 13.8. The van der Waals surface area contributed by atoms with Crippen LogP contribution in [0.2, 0.25) is 0 Å². The number of aliphatic hydroxyl groups is 1. The van der Waals surface area contributed by atoms with Gasteiger partial charge in [-0.2, -0.15) is 0 Å². The molecule has 1 fully saturated rings. The molecule has 15 nitrogen and oxygen atoms in total. The molecule has 5 rings (SSSR count). The number of aliphatic imine (C=N–C) groups is 1. The van der Waals surface area contributed by atoms with Crippen LogP contribution >= 0.6 is 0 Å². The number of guanidine groups is 1. The molecule has 3 aromatic carbocycles. The SMILES string of the molecule is Cc1ccc(S(=O)(=O)NC(N)=NCCC[C@H](NC(=O)[C@@H]2CCCN2C(=O)[C@@H](Cc2ccccc2)N(C)C(=O)OCc2ccccc2)C(O)c2nccn2C)cc1. The van der Waals surface area contributed by atoms with Gasteiger partial charge < -0.3 is 30.4 Å². The van der Waals surface area contributed by atoms with Crippen LogP contribution in [0.4, 0.5) is 4.79 Å². The molecule has 0 radical (unpaired) electrons.